The molecule has 11 rings (SSSR count). The lowest BCUT2D eigenvalue weighted by Gasteiger charge is -2.30. The van der Waals surface area contributed by atoms with Crippen molar-refractivity contribution in [3.05, 3.63) is 175 Å². The minimum atomic E-state index is -0.100. The lowest BCUT2D eigenvalue weighted by Crippen LogP contribution is -2.16. The summed E-state index contributed by atoms with van der Waals surface area (Å²) in [5, 5.41) is 4.87. The lowest BCUT2D eigenvalue weighted by atomic mass is 9.82. The van der Waals surface area contributed by atoms with Gasteiger partial charge in [-0.3, -0.25) is 0 Å². The number of furan rings is 1. The van der Waals surface area contributed by atoms with E-state index in [-0.39, 0.29) is 5.41 Å². The highest BCUT2D eigenvalue weighted by Gasteiger charge is 2.38. The maximum absolute atomic E-state index is 6.14. The minimum absolute atomic E-state index is 0.100. The Labute approximate surface area is 296 Å². The first-order chi connectivity index (χ1) is 25.1. The second-order valence-electron chi connectivity index (χ2n) is 14.5. The van der Waals surface area contributed by atoms with E-state index in [1.165, 1.54) is 77.8 Å². The van der Waals surface area contributed by atoms with Gasteiger partial charge in [0.15, 0.2) is 0 Å². The zero-order valence-electron chi connectivity index (χ0n) is 28.4. The molecule has 2 aliphatic rings. The number of anilines is 3. The van der Waals surface area contributed by atoms with Gasteiger partial charge in [0.1, 0.15) is 11.2 Å². The topological polar surface area (TPSA) is 16.4 Å². The summed E-state index contributed by atoms with van der Waals surface area (Å²) in [7, 11) is 0. The predicted molar refractivity (Wildman–Crippen MR) is 213 cm³/mol. The van der Waals surface area contributed by atoms with E-state index in [1.807, 2.05) is 12.1 Å². The van der Waals surface area contributed by atoms with Crippen molar-refractivity contribution in [2.24, 2.45) is 0 Å². The first-order valence-electron chi connectivity index (χ1n) is 17.8. The van der Waals surface area contributed by atoms with Gasteiger partial charge >= 0.3 is 0 Å². The Hall–Kier alpha value is -6.38. The van der Waals surface area contributed by atoms with Crippen LogP contribution in [0.1, 0.15) is 25.0 Å². The van der Waals surface area contributed by atoms with Gasteiger partial charge in [0, 0.05) is 32.8 Å². The fourth-order valence-electron chi connectivity index (χ4n) is 9.03. The van der Waals surface area contributed by atoms with Crippen LogP contribution in [0.2, 0.25) is 0 Å². The maximum atomic E-state index is 6.14. The van der Waals surface area contributed by atoms with E-state index < -0.39 is 0 Å². The van der Waals surface area contributed by atoms with Crippen LogP contribution in [0.3, 0.4) is 0 Å². The van der Waals surface area contributed by atoms with Crippen molar-refractivity contribution in [3.63, 3.8) is 0 Å². The summed E-state index contributed by atoms with van der Waals surface area (Å²) >= 11 is 0. The molecule has 0 unspecified atom stereocenters. The molecular formula is C49H33NO. The molecule has 8 aromatic carbocycles. The molecule has 0 N–H and O–H groups in total. The van der Waals surface area contributed by atoms with Gasteiger partial charge in [0.05, 0.1) is 11.4 Å². The Morgan fingerprint density at radius 3 is 1.90 bits per heavy atom. The van der Waals surface area contributed by atoms with Crippen LogP contribution in [0.4, 0.5) is 17.1 Å². The van der Waals surface area contributed by atoms with E-state index in [1.54, 1.807) is 0 Å². The van der Waals surface area contributed by atoms with Crippen molar-refractivity contribution < 1.29 is 4.42 Å². The van der Waals surface area contributed by atoms with Crippen molar-refractivity contribution in [1.29, 1.82) is 0 Å². The largest absolute Gasteiger partial charge is 0.456 e. The second kappa shape index (κ2) is 10.3. The maximum Gasteiger partial charge on any atom is 0.135 e. The van der Waals surface area contributed by atoms with Crippen LogP contribution in [-0.2, 0) is 5.41 Å². The molecule has 1 aromatic heterocycles. The summed E-state index contributed by atoms with van der Waals surface area (Å²) in [5.41, 5.74) is 18.2. The average molecular weight is 652 g/mol. The molecule has 0 fully saturated rings. The van der Waals surface area contributed by atoms with Gasteiger partial charge in [-0.1, -0.05) is 135 Å². The van der Waals surface area contributed by atoms with E-state index in [9.17, 15) is 0 Å². The summed E-state index contributed by atoms with van der Waals surface area (Å²) in [4.78, 5) is 2.50. The molecule has 240 valence electrons. The molecule has 0 spiro atoms. The molecule has 0 saturated heterocycles. The number of rotatable bonds is 4. The highest BCUT2D eigenvalue weighted by molar-refractivity contribution is 6.19. The summed E-state index contributed by atoms with van der Waals surface area (Å²) in [6.07, 6.45) is 0. The Morgan fingerprint density at radius 2 is 1.06 bits per heavy atom. The third kappa shape index (κ3) is 3.93. The van der Waals surface area contributed by atoms with Crippen molar-refractivity contribution in [3.8, 4) is 44.5 Å². The Balaban J connectivity index is 1.13. The first-order valence-corrected chi connectivity index (χ1v) is 17.8. The molecule has 0 radical (unpaired) electrons. The van der Waals surface area contributed by atoms with Crippen molar-refractivity contribution in [2.45, 2.75) is 19.3 Å². The van der Waals surface area contributed by atoms with Crippen LogP contribution < -0.4 is 4.90 Å². The molecule has 2 nitrogen and oxygen atoms in total. The number of benzene rings is 8. The summed E-state index contributed by atoms with van der Waals surface area (Å²) in [5.74, 6) is 0. The van der Waals surface area contributed by atoms with Gasteiger partial charge in [0.25, 0.3) is 0 Å². The van der Waals surface area contributed by atoms with Gasteiger partial charge in [-0.2, -0.15) is 0 Å². The Bertz CT molecular complexity index is 2860. The monoisotopic (exact) mass is 651 g/mol. The van der Waals surface area contributed by atoms with Crippen LogP contribution in [0.25, 0.3) is 77.2 Å². The van der Waals surface area contributed by atoms with Gasteiger partial charge in [-0.25, -0.2) is 0 Å². The summed E-state index contributed by atoms with van der Waals surface area (Å²) < 4.78 is 6.14. The fourth-order valence-corrected chi connectivity index (χ4v) is 9.03. The molecule has 9 aromatic rings. The molecule has 51 heavy (non-hydrogen) atoms. The highest BCUT2D eigenvalue weighted by atomic mass is 16.3. The van der Waals surface area contributed by atoms with Gasteiger partial charge in [-0.15, -0.1) is 0 Å². The minimum Gasteiger partial charge on any atom is -0.456 e. The summed E-state index contributed by atoms with van der Waals surface area (Å²) in [6, 6.07) is 60.0. The third-order valence-electron chi connectivity index (χ3n) is 11.4. The molecule has 0 amide bonds. The van der Waals surface area contributed by atoms with Crippen molar-refractivity contribution >= 4 is 49.8 Å². The zero-order chi connectivity index (χ0) is 33.8. The molecular weight excluding hydrogens is 619 g/mol. The summed E-state index contributed by atoms with van der Waals surface area (Å²) in [6.45, 7) is 4.72. The quantitative estimate of drug-likeness (QED) is 0.188. The molecule has 2 heteroatoms. The van der Waals surface area contributed by atoms with Crippen molar-refractivity contribution in [2.75, 3.05) is 4.90 Å². The number of hydrogen-bond acceptors (Lipinski definition) is 2. The highest BCUT2D eigenvalue weighted by Crippen LogP contribution is 2.56. The van der Waals surface area contributed by atoms with Crippen LogP contribution >= 0.6 is 0 Å². The smallest absolute Gasteiger partial charge is 0.135 e. The lowest BCUT2D eigenvalue weighted by molar-refractivity contribution is 0.660. The third-order valence-corrected chi connectivity index (χ3v) is 11.4. The Kier molecular flexibility index (Phi) is 5.76. The number of hydrogen-bond donors (Lipinski definition) is 0. The Morgan fingerprint density at radius 1 is 0.431 bits per heavy atom. The predicted octanol–water partition coefficient (Wildman–Crippen LogP) is 13.8. The van der Waals surface area contributed by atoms with Crippen LogP contribution in [0.5, 0.6) is 0 Å². The number of para-hydroxylation sites is 1. The van der Waals surface area contributed by atoms with E-state index in [0.29, 0.717) is 0 Å². The van der Waals surface area contributed by atoms with Crippen LogP contribution in [0.15, 0.2) is 168 Å². The van der Waals surface area contributed by atoms with Crippen LogP contribution in [-0.4, -0.2) is 0 Å². The van der Waals surface area contributed by atoms with Crippen LogP contribution in [0, 0.1) is 0 Å². The molecule has 2 aliphatic carbocycles. The van der Waals surface area contributed by atoms with E-state index in [0.717, 1.165) is 27.6 Å². The molecule has 0 aliphatic heterocycles. The molecule has 1 heterocycles. The van der Waals surface area contributed by atoms with E-state index >= 15 is 0 Å². The van der Waals surface area contributed by atoms with E-state index in [2.05, 4.69) is 170 Å². The van der Waals surface area contributed by atoms with Crippen molar-refractivity contribution in [1.82, 2.24) is 0 Å². The SMILES string of the molecule is CC1(C)c2ccccc2-c2c(N(c3ccc(-c4ccc5oc6ccccc6c5c4)cc3)c3ccc4c5c(cccc35)-c3ccccc3-4)cccc21. The molecule has 0 atom stereocenters. The standard InChI is InChI=1S/C49H33NO/c1-49(2)41-17-7-5-14-38(41)48-42(49)18-10-19-44(48)50(43-27-26-37-34-12-4-3-11-33(34)36-15-9-16-39(43)47(36)37)32-24-21-30(22-25-32)31-23-28-46-40(29-31)35-13-6-8-20-45(35)51-46/h3-29H,1-2H3. The van der Waals surface area contributed by atoms with E-state index in [4.69, 9.17) is 4.42 Å². The second-order valence-corrected chi connectivity index (χ2v) is 14.5. The van der Waals surface area contributed by atoms with Gasteiger partial charge in [0.2, 0.25) is 0 Å². The first kappa shape index (κ1) is 28.5. The van der Waals surface area contributed by atoms with Gasteiger partial charge in [-0.05, 0) is 97.9 Å². The molecule has 0 saturated carbocycles. The zero-order valence-corrected chi connectivity index (χ0v) is 28.4. The number of fused-ring (bicyclic) bond motifs is 9. The van der Waals surface area contributed by atoms with Gasteiger partial charge < -0.3 is 9.32 Å². The molecule has 0 bridgehead atoms. The number of nitrogens with zero attached hydrogens (tertiary/aromatic N) is 1. The normalized spacial score (nSPS) is 13.5. The fraction of sp³-hybridized carbons (Fsp3) is 0.0612. The average Bonchev–Trinajstić information content (AvgIpc) is 3.79.